The molecule has 208 valence electrons. The zero-order chi connectivity index (χ0) is 29.1. The van der Waals surface area contributed by atoms with Gasteiger partial charge in [0.1, 0.15) is 5.75 Å². The van der Waals surface area contributed by atoms with Crippen LogP contribution in [0.4, 0.5) is 0 Å². The third kappa shape index (κ3) is 6.40. The van der Waals surface area contributed by atoms with Crippen molar-refractivity contribution in [3.8, 4) is 17.0 Å². The maximum atomic E-state index is 12.4. The first-order valence-electron chi connectivity index (χ1n) is 13.1. The second-order valence-electron chi connectivity index (χ2n) is 9.78. The molecule has 0 radical (unpaired) electrons. The number of nitrogens with zero attached hydrogens (tertiary/aromatic N) is 2. The number of carboxylic acids is 1. The Labute approximate surface area is 247 Å². The molecule has 1 amide bonds. The molecule has 0 saturated carbocycles. The molecule has 3 aromatic rings. The highest BCUT2D eigenvalue weighted by atomic mass is 35.5. The Morgan fingerprint density at radius 2 is 1.88 bits per heavy atom. The number of fused-ring (bicyclic) bond motifs is 1. The Hall–Kier alpha value is -4.25. The molecule has 9 heteroatoms. The van der Waals surface area contributed by atoms with Crippen molar-refractivity contribution in [2.24, 2.45) is 0 Å². The monoisotopic (exact) mass is 587 g/mol. The molecule has 2 aromatic carbocycles. The average Bonchev–Trinajstić information content (AvgIpc) is 3.41. The van der Waals surface area contributed by atoms with Gasteiger partial charge in [-0.1, -0.05) is 40.7 Å². The van der Waals surface area contributed by atoms with Crippen molar-refractivity contribution < 1.29 is 19.4 Å². The van der Waals surface area contributed by atoms with Crippen LogP contribution in [0.2, 0.25) is 10.0 Å². The Kier molecular flexibility index (Phi) is 8.34. The van der Waals surface area contributed by atoms with Gasteiger partial charge in [0.2, 0.25) is 0 Å². The lowest BCUT2D eigenvalue weighted by Gasteiger charge is -2.21. The number of benzene rings is 2. The standard InChI is InChI=1S/C32H27Cl2N3O4/c1-19(20-3-5-21(6-4-20)32(40)35-12-11-31(38)39)37-30(18-29(36-37)25-14-26(33)17-27(34)15-25)24-8-7-23-16-28(41-2)10-9-22(23)13-24/h3,5,9-10,13-19H,7-8,11-12H2,1-2H3,(H,35,40)(H,38,39). The topological polar surface area (TPSA) is 93.5 Å². The number of methoxy groups -OCH3 is 1. The summed E-state index contributed by atoms with van der Waals surface area (Å²) in [5.41, 5.74) is 13.1. The van der Waals surface area contributed by atoms with Crippen molar-refractivity contribution in [2.45, 2.75) is 32.2 Å². The Morgan fingerprint density at radius 3 is 2.56 bits per heavy atom. The number of aromatic nitrogens is 2. The van der Waals surface area contributed by atoms with Gasteiger partial charge in [-0.25, -0.2) is 0 Å². The first-order chi connectivity index (χ1) is 19.7. The van der Waals surface area contributed by atoms with Gasteiger partial charge in [0, 0.05) is 27.7 Å². The van der Waals surface area contributed by atoms with Gasteiger partial charge >= 0.3 is 5.97 Å². The predicted molar refractivity (Wildman–Crippen MR) is 160 cm³/mol. The van der Waals surface area contributed by atoms with E-state index in [0.717, 1.165) is 52.3 Å². The number of aryl methyl sites for hydroxylation is 1. The van der Waals surface area contributed by atoms with Gasteiger partial charge in [0.15, 0.2) is 0 Å². The summed E-state index contributed by atoms with van der Waals surface area (Å²) in [5.74, 6) is -0.537. The molecule has 2 N–H and O–H groups in total. The molecule has 7 nitrogen and oxygen atoms in total. The third-order valence-electron chi connectivity index (χ3n) is 7.02. The van der Waals surface area contributed by atoms with Gasteiger partial charge < -0.3 is 15.2 Å². The molecule has 1 heterocycles. The Morgan fingerprint density at radius 1 is 1.10 bits per heavy atom. The van der Waals surface area contributed by atoms with Gasteiger partial charge in [-0.15, -0.1) is 0 Å². The van der Waals surface area contributed by atoms with Gasteiger partial charge in [-0.05, 0) is 91.1 Å². The highest BCUT2D eigenvalue weighted by Crippen LogP contribution is 2.37. The number of hydrogen-bond acceptors (Lipinski definition) is 4. The molecule has 1 unspecified atom stereocenters. The number of carbonyl (C=O) groups excluding carboxylic acids is 1. The number of carbonyl (C=O) groups is 2. The van der Waals surface area contributed by atoms with Crippen LogP contribution >= 0.6 is 23.2 Å². The summed E-state index contributed by atoms with van der Waals surface area (Å²) >= 11 is 12.6. The maximum Gasteiger partial charge on any atom is 0.305 e. The summed E-state index contributed by atoms with van der Waals surface area (Å²) in [6.07, 6.45) is 7.18. The fourth-order valence-electron chi connectivity index (χ4n) is 4.85. The molecule has 5 rings (SSSR count). The summed E-state index contributed by atoms with van der Waals surface area (Å²) in [5, 5.41) is 17.4. The lowest BCUT2D eigenvalue weighted by Crippen LogP contribution is -2.26. The highest BCUT2D eigenvalue weighted by molar-refractivity contribution is 6.35. The van der Waals surface area contributed by atoms with E-state index in [2.05, 4.69) is 35.0 Å². The van der Waals surface area contributed by atoms with Gasteiger partial charge in [-0.3, -0.25) is 14.3 Å². The Bertz CT molecular complexity index is 1700. The van der Waals surface area contributed by atoms with Crippen LogP contribution in [0.1, 0.15) is 42.6 Å². The highest BCUT2D eigenvalue weighted by Gasteiger charge is 2.23. The van der Waals surface area contributed by atoms with E-state index in [9.17, 15) is 9.59 Å². The number of aliphatic carboxylic acids is 1. The molecule has 0 saturated heterocycles. The third-order valence-corrected chi connectivity index (χ3v) is 7.46. The van der Waals surface area contributed by atoms with Crippen LogP contribution in [-0.2, 0) is 16.0 Å². The molecule has 1 atom stereocenters. The minimum Gasteiger partial charge on any atom is -0.497 e. The van der Waals surface area contributed by atoms with Crippen molar-refractivity contribution in [3.63, 3.8) is 0 Å². The first-order valence-corrected chi connectivity index (χ1v) is 13.8. The second kappa shape index (κ2) is 12.1. The van der Waals surface area contributed by atoms with Crippen LogP contribution in [0.3, 0.4) is 0 Å². The zero-order valence-corrected chi connectivity index (χ0v) is 24.0. The van der Waals surface area contributed by atoms with E-state index < -0.39 is 11.9 Å². The van der Waals surface area contributed by atoms with Crippen LogP contribution in [0.15, 0.2) is 77.2 Å². The van der Waals surface area contributed by atoms with E-state index in [1.807, 2.05) is 41.9 Å². The van der Waals surface area contributed by atoms with Crippen molar-refractivity contribution in [3.05, 3.63) is 104 Å². The van der Waals surface area contributed by atoms with Crippen LogP contribution < -0.4 is 10.1 Å². The number of allylic oxidation sites excluding steroid dienone is 3. The lowest BCUT2D eigenvalue weighted by atomic mass is 9.90. The number of carboxylic acid groups (broad SMARTS) is 1. The summed E-state index contributed by atoms with van der Waals surface area (Å²) < 4.78 is 7.36. The van der Waals surface area contributed by atoms with Crippen molar-refractivity contribution in [1.29, 1.82) is 0 Å². The van der Waals surface area contributed by atoms with E-state index in [-0.39, 0.29) is 24.6 Å². The SMILES string of the molecule is COc1ccc2c(c1)CCC(c1cc(-c3cc(Cl)cc(Cl)c3)nn1C(C)C1=C=C=C(C(=O)NCCC(=O)O)C=C1)=C2. The number of ether oxygens (including phenoxy) is 1. The first kappa shape index (κ1) is 28.3. The zero-order valence-electron chi connectivity index (χ0n) is 22.5. The quantitative estimate of drug-likeness (QED) is 0.272. The molecule has 1 aromatic heterocycles. The minimum atomic E-state index is -0.976. The normalized spacial score (nSPS) is 14.5. The van der Waals surface area contributed by atoms with Gasteiger partial charge in [0.25, 0.3) is 5.91 Å². The van der Waals surface area contributed by atoms with Crippen LogP contribution in [-0.4, -0.2) is 40.4 Å². The molecule has 0 bridgehead atoms. The number of hydrogen-bond donors (Lipinski definition) is 2. The van der Waals surface area contributed by atoms with Crippen LogP contribution in [0.25, 0.3) is 22.9 Å². The smallest absolute Gasteiger partial charge is 0.305 e. The van der Waals surface area contributed by atoms with Crippen molar-refractivity contribution >= 4 is 46.7 Å². The molecule has 2 aliphatic rings. The number of halogens is 2. The summed E-state index contributed by atoms with van der Waals surface area (Å²) in [6, 6.07) is 13.3. The number of rotatable bonds is 9. The molecular formula is C32H27Cl2N3O4. The molecule has 0 spiro atoms. The fourth-order valence-corrected chi connectivity index (χ4v) is 5.38. The summed E-state index contributed by atoms with van der Waals surface area (Å²) in [7, 11) is 1.67. The summed E-state index contributed by atoms with van der Waals surface area (Å²) in [6.45, 7) is 2.05. The largest absolute Gasteiger partial charge is 0.497 e. The van der Waals surface area contributed by atoms with Gasteiger partial charge in [0.05, 0.1) is 36.5 Å². The van der Waals surface area contributed by atoms with E-state index in [1.54, 1.807) is 19.3 Å². The predicted octanol–water partition coefficient (Wildman–Crippen LogP) is 6.68. The molecule has 0 aliphatic heterocycles. The van der Waals surface area contributed by atoms with E-state index >= 15 is 0 Å². The van der Waals surface area contributed by atoms with Crippen LogP contribution in [0, 0.1) is 0 Å². The summed E-state index contributed by atoms with van der Waals surface area (Å²) in [4.78, 5) is 23.1. The fraction of sp³-hybridized carbons (Fsp3) is 0.219. The average molecular weight is 588 g/mol. The van der Waals surface area contributed by atoms with Crippen molar-refractivity contribution in [1.82, 2.24) is 15.1 Å². The van der Waals surface area contributed by atoms with Crippen LogP contribution in [0.5, 0.6) is 5.75 Å². The molecule has 2 aliphatic carbocycles. The molecule has 41 heavy (non-hydrogen) atoms. The number of nitrogens with one attached hydrogen (secondary N) is 1. The lowest BCUT2D eigenvalue weighted by molar-refractivity contribution is -0.136. The molecular weight excluding hydrogens is 561 g/mol. The van der Waals surface area contributed by atoms with Crippen molar-refractivity contribution in [2.75, 3.05) is 13.7 Å². The molecule has 0 fully saturated rings. The second-order valence-corrected chi connectivity index (χ2v) is 10.7. The number of amides is 1. The Balaban J connectivity index is 1.54. The minimum absolute atomic E-state index is 0.0398. The van der Waals surface area contributed by atoms with E-state index in [0.29, 0.717) is 10.0 Å². The maximum absolute atomic E-state index is 12.4. The van der Waals surface area contributed by atoms with E-state index in [4.69, 9.17) is 38.1 Å². The van der Waals surface area contributed by atoms with Gasteiger partial charge in [-0.2, -0.15) is 5.10 Å². The van der Waals surface area contributed by atoms with E-state index in [1.165, 1.54) is 5.56 Å².